The molecule has 0 bridgehead atoms. The van der Waals surface area contributed by atoms with Crippen LogP contribution in [0, 0.1) is 0 Å². The van der Waals surface area contributed by atoms with E-state index in [2.05, 4.69) is 24.1 Å². The summed E-state index contributed by atoms with van der Waals surface area (Å²) in [4.78, 5) is 4.56. The Morgan fingerprint density at radius 1 is 1.62 bits per heavy atom. The van der Waals surface area contributed by atoms with Crippen LogP contribution in [-0.4, -0.2) is 10.9 Å². The Bertz CT molecular complexity index is 384. The monoisotopic (exact) mass is 235 g/mol. The van der Waals surface area contributed by atoms with Crippen LogP contribution in [0.4, 0.5) is 0 Å². The van der Waals surface area contributed by atoms with Crippen LogP contribution in [-0.2, 0) is 6.42 Å². The van der Waals surface area contributed by atoms with Crippen molar-refractivity contribution in [2.24, 2.45) is 0 Å². The minimum absolute atomic E-state index is 0.521. The van der Waals surface area contributed by atoms with Gasteiger partial charge in [0.25, 0.3) is 0 Å². The van der Waals surface area contributed by atoms with Crippen molar-refractivity contribution < 1.29 is 0 Å². The lowest BCUT2D eigenvalue weighted by Gasteiger charge is -2.25. The molecule has 0 fully saturated rings. The molecule has 0 aliphatic heterocycles. The molecule has 2 heteroatoms. The Kier molecular flexibility index (Phi) is 4.00. The van der Waals surface area contributed by atoms with Gasteiger partial charge in [0.2, 0.25) is 0 Å². The van der Waals surface area contributed by atoms with E-state index >= 15 is 0 Å². The van der Waals surface area contributed by atoms with Gasteiger partial charge in [-0.15, -0.1) is 11.6 Å². The molecule has 86 valence electrons. The Labute approximate surface area is 103 Å². The highest BCUT2D eigenvalue weighted by molar-refractivity contribution is 6.17. The standard InChI is InChI=1S/C14H18ClN/c1-11(5-3-9-15)13-8-2-6-12-7-4-10-16-14(12)13/h4-5,7,10,13H,2-3,6,8-9H2,1H3. The summed E-state index contributed by atoms with van der Waals surface area (Å²) >= 11 is 5.72. The summed E-state index contributed by atoms with van der Waals surface area (Å²) in [5.41, 5.74) is 4.15. The van der Waals surface area contributed by atoms with Crippen molar-refractivity contribution in [2.45, 2.75) is 38.5 Å². The maximum Gasteiger partial charge on any atom is 0.0506 e. The van der Waals surface area contributed by atoms with E-state index in [1.54, 1.807) is 0 Å². The maximum absolute atomic E-state index is 5.72. The lowest BCUT2D eigenvalue weighted by Crippen LogP contribution is -2.12. The second-order valence-electron chi connectivity index (χ2n) is 4.42. The molecule has 1 aromatic heterocycles. The minimum atomic E-state index is 0.521. The highest BCUT2D eigenvalue weighted by Crippen LogP contribution is 2.35. The summed E-state index contributed by atoms with van der Waals surface area (Å²) in [6.45, 7) is 2.21. The van der Waals surface area contributed by atoms with Crippen LogP contribution < -0.4 is 0 Å². The Morgan fingerprint density at radius 3 is 3.31 bits per heavy atom. The van der Waals surface area contributed by atoms with Gasteiger partial charge in [0, 0.05) is 18.0 Å². The van der Waals surface area contributed by atoms with Gasteiger partial charge < -0.3 is 0 Å². The summed E-state index contributed by atoms with van der Waals surface area (Å²) in [7, 11) is 0. The maximum atomic E-state index is 5.72. The lowest BCUT2D eigenvalue weighted by molar-refractivity contribution is 0.589. The van der Waals surface area contributed by atoms with Crippen LogP contribution in [0.3, 0.4) is 0 Å². The smallest absolute Gasteiger partial charge is 0.0506 e. The lowest BCUT2D eigenvalue weighted by atomic mass is 9.82. The van der Waals surface area contributed by atoms with Crippen molar-refractivity contribution in [3.05, 3.63) is 41.2 Å². The first-order chi connectivity index (χ1) is 7.83. The van der Waals surface area contributed by atoms with E-state index in [0.717, 1.165) is 6.42 Å². The van der Waals surface area contributed by atoms with Gasteiger partial charge in [-0.25, -0.2) is 0 Å². The summed E-state index contributed by atoms with van der Waals surface area (Å²) in [6.07, 6.45) is 8.83. The number of alkyl halides is 1. The number of hydrogen-bond donors (Lipinski definition) is 0. The summed E-state index contributed by atoms with van der Waals surface area (Å²) in [5, 5.41) is 0. The second-order valence-corrected chi connectivity index (χ2v) is 4.80. The van der Waals surface area contributed by atoms with E-state index in [4.69, 9.17) is 11.6 Å². The van der Waals surface area contributed by atoms with Crippen LogP contribution in [0.5, 0.6) is 0 Å². The molecule has 0 saturated heterocycles. The van der Waals surface area contributed by atoms with Gasteiger partial charge in [-0.1, -0.05) is 17.7 Å². The topological polar surface area (TPSA) is 12.9 Å². The number of nitrogens with zero attached hydrogens (tertiary/aromatic N) is 1. The van der Waals surface area contributed by atoms with E-state index < -0.39 is 0 Å². The summed E-state index contributed by atoms with van der Waals surface area (Å²) < 4.78 is 0. The van der Waals surface area contributed by atoms with E-state index in [1.165, 1.54) is 36.1 Å². The van der Waals surface area contributed by atoms with Gasteiger partial charge >= 0.3 is 0 Å². The zero-order valence-corrected chi connectivity index (χ0v) is 10.5. The van der Waals surface area contributed by atoms with Crippen molar-refractivity contribution in [3.8, 4) is 0 Å². The predicted molar refractivity (Wildman–Crippen MR) is 69.0 cm³/mol. The van der Waals surface area contributed by atoms with Gasteiger partial charge in [0.1, 0.15) is 0 Å². The highest BCUT2D eigenvalue weighted by Gasteiger charge is 2.21. The molecule has 1 aliphatic rings. The minimum Gasteiger partial charge on any atom is -0.260 e. The van der Waals surface area contributed by atoms with E-state index in [1.807, 2.05) is 12.3 Å². The molecule has 1 unspecified atom stereocenters. The average Bonchev–Trinajstić information content (AvgIpc) is 2.35. The first-order valence-electron chi connectivity index (χ1n) is 5.99. The predicted octanol–water partition coefficient (Wildman–Crippen LogP) is 4.08. The fraction of sp³-hybridized carbons (Fsp3) is 0.500. The summed E-state index contributed by atoms with van der Waals surface area (Å²) in [6, 6.07) is 4.25. The third-order valence-corrected chi connectivity index (χ3v) is 3.54. The fourth-order valence-electron chi connectivity index (χ4n) is 2.48. The Balaban J connectivity index is 2.24. The molecular weight excluding hydrogens is 218 g/mol. The number of halogens is 1. The number of rotatable bonds is 3. The van der Waals surface area contributed by atoms with Gasteiger partial charge in [-0.2, -0.15) is 0 Å². The zero-order chi connectivity index (χ0) is 11.4. The van der Waals surface area contributed by atoms with Crippen molar-refractivity contribution in [2.75, 3.05) is 5.88 Å². The molecule has 1 atom stereocenters. The molecule has 16 heavy (non-hydrogen) atoms. The number of fused-ring (bicyclic) bond motifs is 1. The van der Waals surface area contributed by atoms with Gasteiger partial charge in [-0.3, -0.25) is 4.98 Å². The van der Waals surface area contributed by atoms with Crippen LogP contribution in [0.15, 0.2) is 30.0 Å². The molecular formula is C14H18ClN. The van der Waals surface area contributed by atoms with E-state index in [-0.39, 0.29) is 0 Å². The molecule has 1 aromatic rings. The molecule has 0 amide bonds. The third kappa shape index (κ3) is 2.46. The van der Waals surface area contributed by atoms with Crippen molar-refractivity contribution in [1.29, 1.82) is 0 Å². The van der Waals surface area contributed by atoms with Crippen LogP contribution in [0.25, 0.3) is 0 Å². The number of allylic oxidation sites excluding steroid dienone is 2. The molecule has 1 heterocycles. The molecule has 0 spiro atoms. The van der Waals surface area contributed by atoms with E-state index in [9.17, 15) is 0 Å². The summed E-state index contributed by atoms with van der Waals surface area (Å²) in [5.74, 6) is 1.23. The fourth-order valence-corrected chi connectivity index (χ4v) is 2.59. The number of aromatic nitrogens is 1. The van der Waals surface area contributed by atoms with Crippen LogP contribution >= 0.6 is 11.6 Å². The van der Waals surface area contributed by atoms with Gasteiger partial charge in [-0.05, 0) is 44.2 Å². The molecule has 1 nitrogen and oxygen atoms in total. The highest BCUT2D eigenvalue weighted by atomic mass is 35.5. The van der Waals surface area contributed by atoms with Crippen LogP contribution in [0.2, 0.25) is 0 Å². The number of pyridine rings is 1. The average molecular weight is 236 g/mol. The van der Waals surface area contributed by atoms with Gasteiger partial charge in [0.15, 0.2) is 0 Å². The molecule has 0 saturated carbocycles. The number of aryl methyl sites for hydroxylation is 1. The molecule has 0 aromatic carbocycles. The second kappa shape index (κ2) is 5.49. The number of hydrogen-bond acceptors (Lipinski definition) is 1. The first-order valence-corrected chi connectivity index (χ1v) is 6.53. The Hall–Kier alpha value is -0.820. The molecule has 2 rings (SSSR count). The quantitative estimate of drug-likeness (QED) is 0.568. The largest absolute Gasteiger partial charge is 0.260 e. The van der Waals surface area contributed by atoms with Gasteiger partial charge in [0.05, 0.1) is 5.69 Å². The zero-order valence-electron chi connectivity index (χ0n) is 9.75. The molecule has 0 N–H and O–H groups in total. The van der Waals surface area contributed by atoms with Crippen LogP contribution in [0.1, 0.15) is 43.4 Å². The molecule has 0 radical (unpaired) electrons. The normalized spacial score (nSPS) is 20.6. The van der Waals surface area contributed by atoms with Crippen molar-refractivity contribution >= 4 is 11.6 Å². The SMILES string of the molecule is CC(=CCCCl)C1CCCc2cccnc21. The third-order valence-electron chi connectivity index (χ3n) is 3.32. The van der Waals surface area contributed by atoms with Crippen molar-refractivity contribution in [1.82, 2.24) is 4.98 Å². The molecule has 1 aliphatic carbocycles. The first kappa shape index (κ1) is 11.7. The van der Waals surface area contributed by atoms with E-state index in [0.29, 0.717) is 11.8 Å². The Morgan fingerprint density at radius 2 is 2.50 bits per heavy atom. The van der Waals surface area contributed by atoms with Crippen molar-refractivity contribution in [3.63, 3.8) is 0 Å².